The molecule has 1 amide bonds. The van der Waals surface area contributed by atoms with Crippen LogP contribution < -0.4 is 10.1 Å². The molecule has 4 saturated carbocycles. The van der Waals surface area contributed by atoms with E-state index in [9.17, 15) is 14.7 Å². The van der Waals surface area contributed by atoms with Crippen molar-refractivity contribution in [3.8, 4) is 5.75 Å². The number of aliphatic carboxylic acids is 1. The van der Waals surface area contributed by atoms with Crippen LogP contribution in [0.1, 0.15) is 62.1 Å². The van der Waals surface area contributed by atoms with E-state index < -0.39 is 12.0 Å². The van der Waals surface area contributed by atoms with E-state index in [1.54, 1.807) is 0 Å². The maximum absolute atomic E-state index is 13.5. The van der Waals surface area contributed by atoms with Gasteiger partial charge in [-0.15, -0.1) is 0 Å². The number of carbonyl (C=O) groups is 2. The summed E-state index contributed by atoms with van der Waals surface area (Å²) >= 11 is 0. The summed E-state index contributed by atoms with van der Waals surface area (Å²) in [6, 6.07) is 16.9. The van der Waals surface area contributed by atoms with Crippen molar-refractivity contribution in [2.24, 2.45) is 23.2 Å². The second-order valence-electron chi connectivity index (χ2n) is 10.2. The molecule has 4 bridgehead atoms. The van der Waals surface area contributed by atoms with Gasteiger partial charge in [-0.2, -0.15) is 0 Å². The zero-order valence-corrected chi connectivity index (χ0v) is 18.3. The van der Waals surface area contributed by atoms with E-state index in [2.05, 4.69) is 5.32 Å². The fraction of sp³-hybridized carbons (Fsp3) is 0.481. The van der Waals surface area contributed by atoms with E-state index in [0.29, 0.717) is 24.4 Å². The first-order valence-corrected chi connectivity index (χ1v) is 11.8. The largest absolute Gasteiger partial charge is 0.489 e. The molecule has 4 fully saturated rings. The van der Waals surface area contributed by atoms with Crippen LogP contribution in [-0.2, 0) is 16.2 Å². The van der Waals surface area contributed by atoms with Crippen LogP contribution in [0, 0.1) is 23.2 Å². The molecule has 0 aromatic heterocycles. The van der Waals surface area contributed by atoms with Gasteiger partial charge in [-0.1, -0.05) is 42.5 Å². The molecule has 6 rings (SSSR count). The van der Waals surface area contributed by atoms with E-state index in [1.807, 2.05) is 54.6 Å². The number of hydrogen-bond donors (Lipinski definition) is 2. The maximum Gasteiger partial charge on any atom is 0.305 e. The summed E-state index contributed by atoms with van der Waals surface area (Å²) < 4.78 is 5.85. The van der Waals surface area contributed by atoms with Gasteiger partial charge in [0.1, 0.15) is 12.4 Å². The van der Waals surface area contributed by atoms with Gasteiger partial charge < -0.3 is 15.2 Å². The summed E-state index contributed by atoms with van der Waals surface area (Å²) in [6.07, 6.45) is 6.60. The number of benzene rings is 2. The second-order valence-corrected chi connectivity index (χ2v) is 10.2. The fourth-order valence-electron chi connectivity index (χ4n) is 6.66. The third-order valence-electron chi connectivity index (χ3n) is 7.73. The molecule has 32 heavy (non-hydrogen) atoms. The number of carbonyl (C=O) groups excluding carboxylic acids is 1. The average molecular weight is 434 g/mol. The molecule has 2 N–H and O–H groups in total. The number of carboxylic acid groups (broad SMARTS) is 1. The molecule has 0 heterocycles. The predicted molar refractivity (Wildman–Crippen MR) is 121 cm³/mol. The van der Waals surface area contributed by atoms with Gasteiger partial charge in [0.05, 0.1) is 12.5 Å². The van der Waals surface area contributed by atoms with Crippen LogP contribution in [0.15, 0.2) is 54.6 Å². The highest BCUT2D eigenvalue weighted by molar-refractivity contribution is 5.84. The van der Waals surface area contributed by atoms with Crippen molar-refractivity contribution in [3.05, 3.63) is 65.7 Å². The van der Waals surface area contributed by atoms with Crippen molar-refractivity contribution in [1.29, 1.82) is 0 Å². The van der Waals surface area contributed by atoms with Gasteiger partial charge in [-0.05, 0) is 79.5 Å². The van der Waals surface area contributed by atoms with E-state index in [4.69, 9.17) is 4.74 Å². The lowest BCUT2D eigenvalue weighted by atomic mass is 9.49. The van der Waals surface area contributed by atoms with Gasteiger partial charge >= 0.3 is 5.97 Å². The van der Waals surface area contributed by atoms with Crippen molar-refractivity contribution in [1.82, 2.24) is 5.32 Å². The standard InChI is InChI=1S/C27H31NO4/c29-25(30)13-24(22-6-8-23(9-7-22)32-17-18-4-2-1-3-5-18)28-26(31)27-14-19-10-20(15-27)12-21(11-19)16-27/h1-9,19-21,24H,10-17H2,(H,28,31)(H,29,30). The van der Waals surface area contributed by atoms with Crippen molar-refractivity contribution in [3.63, 3.8) is 0 Å². The van der Waals surface area contributed by atoms with Gasteiger partial charge in [0.25, 0.3) is 0 Å². The molecule has 4 aliphatic carbocycles. The molecule has 2 aromatic rings. The highest BCUT2D eigenvalue weighted by atomic mass is 16.5. The molecular weight excluding hydrogens is 402 g/mol. The lowest BCUT2D eigenvalue weighted by molar-refractivity contribution is -0.147. The molecular formula is C27H31NO4. The Balaban J connectivity index is 1.27. The third kappa shape index (κ3) is 4.38. The zero-order chi connectivity index (χ0) is 22.1. The van der Waals surface area contributed by atoms with Crippen LogP contribution >= 0.6 is 0 Å². The monoisotopic (exact) mass is 433 g/mol. The molecule has 5 nitrogen and oxygen atoms in total. The normalized spacial score (nSPS) is 28.8. The minimum Gasteiger partial charge on any atom is -0.489 e. The molecule has 4 aliphatic rings. The van der Waals surface area contributed by atoms with Crippen LogP contribution in [0.3, 0.4) is 0 Å². The van der Waals surface area contributed by atoms with Gasteiger partial charge in [0.2, 0.25) is 5.91 Å². The Bertz CT molecular complexity index is 934. The van der Waals surface area contributed by atoms with Crippen LogP contribution in [0.5, 0.6) is 5.75 Å². The smallest absolute Gasteiger partial charge is 0.305 e. The Morgan fingerprint density at radius 2 is 1.53 bits per heavy atom. The average Bonchev–Trinajstić information content (AvgIpc) is 2.77. The molecule has 0 aliphatic heterocycles. The van der Waals surface area contributed by atoms with Crippen LogP contribution in [-0.4, -0.2) is 17.0 Å². The first-order valence-electron chi connectivity index (χ1n) is 11.8. The van der Waals surface area contributed by atoms with Crippen LogP contribution in [0.2, 0.25) is 0 Å². The zero-order valence-electron chi connectivity index (χ0n) is 18.3. The summed E-state index contributed by atoms with van der Waals surface area (Å²) in [5.41, 5.74) is 1.60. The molecule has 2 aromatic carbocycles. The minimum atomic E-state index is -0.912. The van der Waals surface area contributed by atoms with Crippen molar-refractivity contribution < 1.29 is 19.4 Å². The number of ether oxygens (including phenoxy) is 1. The highest BCUT2D eigenvalue weighted by Gasteiger charge is 2.54. The first-order chi connectivity index (χ1) is 15.5. The van der Waals surface area contributed by atoms with E-state index >= 15 is 0 Å². The predicted octanol–water partition coefficient (Wildman–Crippen LogP) is 5.11. The lowest BCUT2D eigenvalue weighted by Crippen LogP contribution is -2.54. The number of carboxylic acids is 1. The number of amides is 1. The molecule has 0 radical (unpaired) electrons. The molecule has 168 valence electrons. The third-order valence-corrected chi connectivity index (χ3v) is 7.73. The van der Waals surface area contributed by atoms with Gasteiger partial charge in [-0.3, -0.25) is 9.59 Å². The summed E-state index contributed by atoms with van der Waals surface area (Å²) in [7, 11) is 0. The minimum absolute atomic E-state index is 0.0623. The summed E-state index contributed by atoms with van der Waals surface area (Å²) in [5, 5.41) is 12.6. The van der Waals surface area contributed by atoms with Gasteiger partial charge in [0, 0.05) is 5.41 Å². The Kier molecular flexibility index (Phi) is 5.66. The van der Waals surface area contributed by atoms with Crippen molar-refractivity contribution in [2.45, 2.75) is 57.6 Å². The number of hydrogen-bond acceptors (Lipinski definition) is 3. The van der Waals surface area contributed by atoms with Crippen molar-refractivity contribution >= 4 is 11.9 Å². The quantitative estimate of drug-likeness (QED) is 0.606. The topological polar surface area (TPSA) is 75.6 Å². The molecule has 5 heteroatoms. The Morgan fingerprint density at radius 1 is 0.938 bits per heavy atom. The van der Waals surface area contributed by atoms with Crippen LogP contribution in [0.25, 0.3) is 0 Å². The molecule has 1 unspecified atom stereocenters. The summed E-state index contributed by atoms with van der Waals surface area (Å²) in [6.45, 7) is 0.474. The van der Waals surface area contributed by atoms with Crippen LogP contribution in [0.4, 0.5) is 0 Å². The molecule has 1 atom stereocenters. The first kappa shape index (κ1) is 21.0. The Labute approximate surface area is 189 Å². The highest BCUT2D eigenvalue weighted by Crippen LogP contribution is 2.60. The summed E-state index contributed by atoms with van der Waals surface area (Å²) in [4.78, 5) is 25.0. The number of rotatable bonds is 8. The number of nitrogens with one attached hydrogen (secondary N) is 1. The Morgan fingerprint density at radius 3 is 2.09 bits per heavy atom. The second kappa shape index (κ2) is 8.61. The van der Waals surface area contributed by atoms with E-state index in [1.165, 1.54) is 19.3 Å². The summed E-state index contributed by atoms with van der Waals surface area (Å²) in [5.74, 6) is 1.89. The van der Waals surface area contributed by atoms with Gasteiger partial charge in [-0.25, -0.2) is 0 Å². The fourth-order valence-corrected chi connectivity index (χ4v) is 6.66. The lowest BCUT2D eigenvalue weighted by Gasteiger charge is -2.55. The Hall–Kier alpha value is -2.82. The van der Waals surface area contributed by atoms with Gasteiger partial charge in [0.15, 0.2) is 0 Å². The molecule has 0 spiro atoms. The van der Waals surface area contributed by atoms with E-state index in [0.717, 1.165) is 36.1 Å². The maximum atomic E-state index is 13.5. The van der Waals surface area contributed by atoms with E-state index in [-0.39, 0.29) is 17.7 Å². The molecule has 0 saturated heterocycles. The van der Waals surface area contributed by atoms with Crippen molar-refractivity contribution in [2.75, 3.05) is 0 Å². The SMILES string of the molecule is O=C(O)CC(NC(=O)C12CC3CC(CC(C3)C1)C2)c1ccc(OCc2ccccc2)cc1.